The molecule has 2 amide bonds. The highest BCUT2D eigenvalue weighted by Gasteiger charge is 2.04. The van der Waals surface area contributed by atoms with E-state index in [1.54, 1.807) is 23.3 Å². The molecular weight excluding hydrogens is 254 g/mol. The molecule has 0 aliphatic carbocycles. The van der Waals surface area contributed by atoms with Gasteiger partial charge in [-0.05, 0) is 18.1 Å². The summed E-state index contributed by atoms with van der Waals surface area (Å²) in [6.07, 6.45) is 8.19. The molecule has 0 saturated heterocycles. The van der Waals surface area contributed by atoms with Crippen LogP contribution in [-0.2, 0) is 13.6 Å². The van der Waals surface area contributed by atoms with Crippen LogP contribution in [0.15, 0.2) is 30.9 Å². The maximum atomic E-state index is 11.5. The van der Waals surface area contributed by atoms with Gasteiger partial charge in [0.05, 0.1) is 6.20 Å². The van der Waals surface area contributed by atoms with Crippen LogP contribution in [0.5, 0.6) is 0 Å². The largest absolute Gasteiger partial charge is 0.338 e. The highest BCUT2D eigenvalue weighted by atomic mass is 16.2. The van der Waals surface area contributed by atoms with Crippen molar-refractivity contribution < 1.29 is 4.79 Å². The molecule has 0 saturated carbocycles. The Morgan fingerprint density at radius 2 is 2.10 bits per heavy atom. The Balaban J connectivity index is 1.98. The van der Waals surface area contributed by atoms with Crippen molar-refractivity contribution in [2.24, 2.45) is 7.05 Å². The Bertz CT molecular complexity index is 578. The van der Waals surface area contributed by atoms with Crippen molar-refractivity contribution in [3.05, 3.63) is 36.4 Å². The highest BCUT2D eigenvalue weighted by Crippen LogP contribution is 2.18. The Kier molecular flexibility index (Phi) is 4.70. The summed E-state index contributed by atoms with van der Waals surface area (Å²) in [6, 6.07) is 1.85. The van der Waals surface area contributed by atoms with Crippen molar-refractivity contribution in [1.29, 1.82) is 0 Å². The molecule has 2 N–H and O–H groups in total. The van der Waals surface area contributed by atoms with Gasteiger partial charge in [-0.25, -0.2) is 4.79 Å². The number of hydrogen-bond acceptors (Lipinski definition) is 3. The van der Waals surface area contributed by atoms with E-state index in [4.69, 9.17) is 0 Å². The standard InChI is InChI=1S/C14H19N5O/c1-3-4-16-14(20)17-7-11-5-12(8-15-6-11)13-9-18-19(2)10-13/h5-6,8-10H,3-4,7H2,1-2H3,(H2,16,17,20). The van der Waals surface area contributed by atoms with Crippen LogP contribution in [-0.4, -0.2) is 27.3 Å². The average Bonchev–Trinajstić information content (AvgIpc) is 2.90. The van der Waals surface area contributed by atoms with Crippen molar-refractivity contribution >= 4 is 6.03 Å². The third kappa shape index (κ3) is 3.81. The summed E-state index contributed by atoms with van der Waals surface area (Å²) < 4.78 is 1.75. The number of amides is 2. The van der Waals surface area contributed by atoms with E-state index >= 15 is 0 Å². The summed E-state index contributed by atoms with van der Waals surface area (Å²) in [4.78, 5) is 15.7. The summed E-state index contributed by atoms with van der Waals surface area (Å²) in [5.74, 6) is 0. The van der Waals surface area contributed by atoms with Gasteiger partial charge in [-0.2, -0.15) is 5.10 Å². The minimum atomic E-state index is -0.154. The van der Waals surface area contributed by atoms with Crippen molar-refractivity contribution in [2.45, 2.75) is 19.9 Å². The Morgan fingerprint density at radius 1 is 1.25 bits per heavy atom. The van der Waals surface area contributed by atoms with Crippen molar-refractivity contribution in [1.82, 2.24) is 25.4 Å². The number of aryl methyl sites for hydroxylation is 1. The first kappa shape index (κ1) is 14.0. The quantitative estimate of drug-likeness (QED) is 0.870. The number of urea groups is 1. The van der Waals surface area contributed by atoms with Gasteiger partial charge in [0, 0.05) is 49.9 Å². The molecule has 0 atom stereocenters. The first-order valence-corrected chi connectivity index (χ1v) is 6.63. The lowest BCUT2D eigenvalue weighted by Gasteiger charge is -2.07. The van der Waals surface area contributed by atoms with Gasteiger partial charge in [0.15, 0.2) is 0 Å². The number of hydrogen-bond donors (Lipinski definition) is 2. The minimum absolute atomic E-state index is 0.154. The van der Waals surface area contributed by atoms with Crippen LogP contribution in [0.4, 0.5) is 4.79 Å². The smallest absolute Gasteiger partial charge is 0.315 e. The third-order valence-corrected chi connectivity index (χ3v) is 2.82. The van der Waals surface area contributed by atoms with Gasteiger partial charge in [-0.1, -0.05) is 6.92 Å². The van der Waals surface area contributed by atoms with Gasteiger partial charge >= 0.3 is 6.03 Å². The second-order valence-electron chi connectivity index (χ2n) is 4.59. The first-order chi connectivity index (χ1) is 9.69. The van der Waals surface area contributed by atoms with E-state index in [2.05, 4.69) is 20.7 Å². The topological polar surface area (TPSA) is 71.8 Å². The molecule has 6 heteroatoms. The predicted molar refractivity (Wildman–Crippen MR) is 77.0 cm³/mol. The molecule has 106 valence electrons. The Morgan fingerprint density at radius 3 is 2.80 bits per heavy atom. The first-order valence-electron chi connectivity index (χ1n) is 6.63. The van der Waals surface area contributed by atoms with Gasteiger partial charge < -0.3 is 10.6 Å². The lowest BCUT2D eigenvalue weighted by molar-refractivity contribution is 0.240. The monoisotopic (exact) mass is 273 g/mol. The highest BCUT2D eigenvalue weighted by molar-refractivity contribution is 5.73. The summed E-state index contributed by atoms with van der Waals surface area (Å²) >= 11 is 0. The van der Waals surface area contributed by atoms with Gasteiger partial charge in [0.2, 0.25) is 0 Å². The number of carbonyl (C=O) groups is 1. The van der Waals surface area contributed by atoms with Crippen LogP contribution in [0.2, 0.25) is 0 Å². The molecule has 20 heavy (non-hydrogen) atoms. The van der Waals surface area contributed by atoms with E-state index in [1.165, 1.54) is 0 Å². The number of pyridine rings is 1. The molecule has 0 aliphatic rings. The summed E-state index contributed by atoms with van der Waals surface area (Å²) in [7, 11) is 1.88. The van der Waals surface area contributed by atoms with Crippen LogP contribution in [0, 0.1) is 0 Å². The molecule has 0 aromatic carbocycles. The summed E-state index contributed by atoms with van der Waals surface area (Å²) in [5.41, 5.74) is 2.96. The molecule has 0 radical (unpaired) electrons. The number of nitrogens with one attached hydrogen (secondary N) is 2. The maximum Gasteiger partial charge on any atom is 0.315 e. The number of rotatable bonds is 5. The maximum absolute atomic E-state index is 11.5. The van der Waals surface area contributed by atoms with Crippen molar-refractivity contribution in [3.8, 4) is 11.1 Å². The fraction of sp³-hybridized carbons (Fsp3) is 0.357. The lowest BCUT2D eigenvalue weighted by Crippen LogP contribution is -2.35. The Hall–Kier alpha value is -2.37. The molecule has 0 fully saturated rings. The molecule has 0 spiro atoms. The zero-order valence-electron chi connectivity index (χ0n) is 11.8. The van der Waals surface area contributed by atoms with Gasteiger partial charge in [0.25, 0.3) is 0 Å². The van der Waals surface area contributed by atoms with E-state index in [1.807, 2.05) is 26.2 Å². The molecule has 0 bridgehead atoms. The molecular formula is C14H19N5O. The lowest BCUT2D eigenvalue weighted by atomic mass is 10.1. The van der Waals surface area contributed by atoms with Crippen molar-refractivity contribution in [2.75, 3.05) is 6.54 Å². The summed E-state index contributed by atoms with van der Waals surface area (Å²) in [6.45, 7) is 3.15. The third-order valence-electron chi connectivity index (χ3n) is 2.82. The zero-order chi connectivity index (χ0) is 14.4. The van der Waals surface area contributed by atoms with E-state index in [0.717, 1.165) is 23.1 Å². The Labute approximate surface area is 118 Å². The van der Waals surface area contributed by atoms with Crippen LogP contribution < -0.4 is 10.6 Å². The van der Waals surface area contributed by atoms with Crippen LogP contribution in [0.25, 0.3) is 11.1 Å². The van der Waals surface area contributed by atoms with Crippen LogP contribution in [0.3, 0.4) is 0 Å². The summed E-state index contributed by atoms with van der Waals surface area (Å²) in [5, 5.41) is 9.71. The molecule has 2 rings (SSSR count). The van der Waals surface area contributed by atoms with E-state index in [0.29, 0.717) is 13.1 Å². The number of aromatic nitrogens is 3. The van der Waals surface area contributed by atoms with E-state index < -0.39 is 0 Å². The molecule has 0 unspecified atom stereocenters. The van der Waals surface area contributed by atoms with Gasteiger partial charge in [-0.3, -0.25) is 9.67 Å². The van der Waals surface area contributed by atoms with Crippen molar-refractivity contribution in [3.63, 3.8) is 0 Å². The van der Waals surface area contributed by atoms with E-state index in [9.17, 15) is 4.79 Å². The van der Waals surface area contributed by atoms with Crippen LogP contribution >= 0.6 is 0 Å². The number of carbonyl (C=O) groups excluding carboxylic acids is 1. The molecule has 2 aromatic rings. The van der Waals surface area contributed by atoms with Gasteiger partial charge in [0.1, 0.15) is 0 Å². The van der Waals surface area contributed by atoms with E-state index in [-0.39, 0.29) is 6.03 Å². The normalized spacial score (nSPS) is 10.3. The van der Waals surface area contributed by atoms with Crippen LogP contribution in [0.1, 0.15) is 18.9 Å². The molecule has 6 nitrogen and oxygen atoms in total. The molecule has 0 aliphatic heterocycles. The predicted octanol–water partition coefficient (Wildman–Crippen LogP) is 1.69. The molecule has 2 heterocycles. The minimum Gasteiger partial charge on any atom is -0.338 e. The number of nitrogens with zero attached hydrogens (tertiary/aromatic N) is 3. The second-order valence-corrected chi connectivity index (χ2v) is 4.59. The second kappa shape index (κ2) is 6.70. The average molecular weight is 273 g/mol. The fourth-order valence-electron chi connectivity index (χ4n) is 1.80. The van der Waals surface area contributed by atoms with Gasteiger partial charge in [-0.15, -0.1) is 0 Å². The zero-order valence-corrected chi connectivity index (χ0v) is 11.8. The molecule has 2 aromatic heterocycles. The fourth-order valence-corrected chi connectivity index (χ4v) is 1.80. The SMILES string of the molecule is CCCNC(=O)NCc1cncc(-c2cnn(C)c2)c1.